The number of benzene rings is 2. The Kier molecular flexibility index (Phi) is 4.90. The van der Waals surface area contributed by atoms with Crippen molar-refractivity contribution >= 4 is 11.4 Å². The van der Waals surface area contributed by atoms with Crippen LogP contribution < -0.4 is 5.32 Å². The molecular weight excluding hydrogens is 268 g/mol. The summed E-state index contributed by atoms with van der Waals surface area (Å²) in [6, 6.07) is 13.0. The minimum Gasteiger partial charge on any atom is -0.381 e. The lowest BCUT2D eigenvalue weighted by Gasteiger charge is -2.09. The smallest absolute Gasteiger partial charge is 0.271 e. The largest absolute Gasteiger partial charge is 0.381 e. The van der Waals surface area contributed by atoms with Gasteiger partial charge in [-0.1, -0.05) is 24.3 Å². The SMILES string of the molecule is COCc1cccc(CNc2cc(C)cc([N+](=O)[O-])c2)c1. The van der Waals surface area contributed by atoms with Crippen LogP contribution in [0.3, 0.4) is 0 Å². The van der Waals surface area contributed by atoms with Crippen LogP contribution in [0.4, 0.5) is 11.4 Å². The average Bonchev–Trinajstić information content (AvgIpc) is 2.45. The Hall–Kier alpha value is -2.40. The normalized spacial score (nSPS) is 10.4. The van der Waals surface area contributed by atoms with E-state index in [1.165, 1.54) is 0 Å². The summed E-state index contributed by atoms with van der Waals surface area (Å²) in [5.41, 5.74) is 3.92. The fraction of sp³-hybridized carbons (Fsp3) is 0.250. The van der Waals surface area contributed by atoms with Crippen molar-refractivity contribution in [1.29, 1.82) is 0 Å². The van der Waals surface area contributed by atoms with Gasteiger partial charge in [-0.15, -0.1) is 0 Å². The van der Waals surface area contributed by atoms with Gasteiger partial charge in [0.15, 0.2) is 0 Å². The van der Waals surface area contributed by atoms with Gasteiger partial charge in [-0.25, -0.2) is 0 Å². The van der Waals surface area contributed by atoms with E-state index in [1.54, 1.807) is 19.2 Å². The number of nitrogens with zero attached hydrogens (tertiary/aromatic N) is 1. The molecule has 0 aromatic heterocycles. The standard InChI is InChI=1S/C16H18N2O3/c1-12-6-15(9-16(7-12)18(19)20)17-10-13-4-3-5-14(8-13)11-21-2/h3-9,17H,10-11H2,1-2H3. The second kappa shape index (κ2) is 6.85. The van der Waals surface area contributed by atoms with Gasteiger partial charge in [-0.05, 0) is 29.7 Å². The molecule has 0 heterocycles. The Balaban J connectivity index is 2.09. The fourth-order valence-electron chi connectivity index (χ4n) is 2.17. The van der Waals surface area contributed by atoms with Gasteiger partial charge in [-0.2, -0.15) is 0 Å². The summed E-state index contributed by atoms with van der Waals surface area (Å²) >= 11 is 0. The molecule has 0 fully saturated rings. The summed E-state index contributed by atoms with van der Waals surface area (Å²) in [6.45, 7) is 3.03. The van der Waals surface area contributed by atoms with Crippen LogP contribution in [0.25, 0.3) is 0 Å². The maximum absolute atomic E-state index is 10.9. The van der Waals surface area contributed by atoms with Crippen LogP contribution in [0, 0.1) is 17.0 Å². The van der Waals surface area contributed by atoms with Crippen molar-refractivity contribution in [2.75, 3.05) is 12.4 Å². The molecule has 21 heavy (non-hydrogen) atoms. The van der Waals surface area contributed by atoms with Crippen molar-refractivity contribution in [3.8, 4) is 0 Å². The monoisotopic (exact) mass is 286 g/mol. The molecule has 5 nitrogen and oxygen atoms in total. The molecule has 1 N–H and O–H groups in total. The van der Waals surface area contributed by atoms with E-state index in [0.29, 0.717) is 13.2 Å². The lowest BCUT2D eigenvalue weighted by molar-refractivity contribution is -0.384. The molecule has 2 aromatic carbocycles. The molecule has 0 aliphatic heterocycles. The van der Waals surface area contributed by atoms with Gasteiger partial charge in [0.05, 0.1) is 11.5 Å². The topological polar surface area (TPSA) is 64.4 Å². The highest BCUT2D eigenvalue weighted by Gasteiger charge is 2.07. The summed E-state index contributed by atoms with van der Waals surface area (Å²) in [6.07, 6.45) is 0. The zero-order valence-corrected chi connectivity index (χ0v) is 12.1. The Morgan fingerprint density at radius 3 is 2.67 bits per heavy atom. The van der Waals surface area contributed by atoms with E-state index >= 15 is 0 Å². The van der Waals surface area contributed by atoms with Crippen molar-refractivity contribution in [3.05, 3.63) is 69.3 Å². The highest BCUT2D eigenvalue weighted by molar-refractivity contribution is 5.54. The van der Waals surface area contributed by atoms with Gasteiger partial charge < -0.3 is 10.1 Å². The first-order valence-corrected chi connectivity index (χ1v) is 6.65. The van der Waals surface area contributed by atoms with Crippen LogP contribution in [0.5, 0.6) is 0 Å². The third-order valence-electron chi connectivity index (χ3n) is 3.07. The Morgan fingerprint density at radius 2 is 1.95 bits per heavy atom. The number of rotatable bonds is 6. The first kappa shape index (κ1) is 15.0. The number of nitrogens with one attached hydrogen (secondary N) is 1. The number of hydrogen-bond donors (Lipinski definition) is 1. The van der Waals surface area contributed by atoms with E-state index in [-0.39, 0.29) is 10.6 Å². The number of methoxy groups -OCH3 is 1. The van der Waals surface area contributed by atoms with E-state index in [0.717, 1.165) is 22.4 Å². The molecule has 0 aliphatic carbocycles. The summed E-state index contributed by atoms with van der Waals surface area (Å²) in [5.74, 6) is 0. The number of hydrogen-bond acceptors (Lipinski definition) is 4. The fourth-order valence-corrected chi connectivity index (χ4v) is 2.17. The van der Waals surface area contributed by atoms with Crippen LogP contribution in [-0.4, -0.2) is 12.0 Å². The zero-order chi connectivity index (χ0) is 15.2. The zero-order valence-electron chi connectivity index (χ0n) is 12.1. The molecule has 0 spiro atoms. The van der Waals surface area contributed by atoms with E-state index in [9.17, 15) is 10.1 Å². The Bertz CT molecular complexity index is 641. The maximum atomic E-state index is 10.9. The van der Waals surface area contributed by atoms with Crippen molar-refractivity contribution < 1.29 is 9.66 Å². The second-order valence-electron chi connectivity index (χ2n) is 4.92. The molecule has 0 atom stereocenters. The van der Waals surface area contributed by atoms with Crippen LogP contribution in [0.1, 0.15) is 16.7 Å². The molecule has 0 bridgehead atoms. The van der Waals surface area contributed by atoms with Crippen LogP contribution in [-0.2, 0) is 17.9 Å². The van der Waals surface area contributed by atoms with Gasteiger partial charge >= 0.3 is 0 Å². The second-order valence-corrected chi connectivity index (χ2v) is 4.92. The lowest BCUT2D eigenvalue weighted by atomic mass is 10.1. The number of nitro groups is 1. The number of anilines is 1. The van der Waals surface area contributed by atoms with Crippen molar-refractivity contribution in [2.24, 2.45) is 0 Å². The van der Waals surface area contributed by atoms with Gasteiger partial charge in [0.2, 0.25) is 0 Å². The minimum atomic E-state index is -0.378. The molecule has 5 heteroatoms. The third kappa shape index (κ3) is 4.29. The van der Waals surface area contributed by atoms with Crippen LogP contribution >= 0.6 is 0 Å². The quantitative estimate of drug-likeness (QED) is 0.650. The molecular formula is C16H18N2O3. The molecule has 2 aromatic rings. The van der Waals surface area contributed by atoms with E-state index in [4.69, 9.17) is 4.74 Å². The van der Waals surface area contributed by atoms with E-state index in [2.05, 4.69) is 11.4 Å². The van der Waals surface area contributed by atoms with Crippen molar-refractivity contribution in [3.63, 3.8) is 0 Å². The highest BCUT2D eigenvalue weighted by Crippen LogP contribution is 2.21. The van der Waals surface area contributed by atoms with Crippen LogP contribution in [0.2, 0.25) is 0 Å². The van der Waals surface area contributed by atoms with Gasteiger partial charge in [-0.3, -0.25) is 10.1 Å². The number of non-ortho nitro benzene ring substituents is 1. The predicted molar refractivity (Wildman–Crippen MR) is 82.3 cm³/mol. The first-order chi connectivity index (χ1) is 10.1. The molecule has 2 rings (SSSR count). The van der Waals surface area contributed by atoms with E-state index < -0.39 is 0 Å². The summed E-state index contributed by atoms with van der Waals surface area (Å²) < 4.78 is 5.11. The van der Waals surface area contributed by atoms with Gasteiger partial charge in [0.1, 0.15) is 0 Å². The van der Waals surface area contributed by atoms with Crippen molar-refractivity contribution in [2.45, 2.75) is 20.1 Å². The van der Waals surface area contributed by atoms with Crippen LogP contribution in [0.15, 0.2) is 42.5 Å². The lowest BCUT2D eigenvalue weighted by Crippen LogP contribution is -2.01. The third-order valence-corrected chi connectivity index (χ3v) is 3.07. The molecule has 0 radical (unpaired) electrons. The van der Waals surface area contributed by atoms with E-state index in [1.807, 2.05) is 31.2 Å². The molecule has 0 amide bonds. The molecule has 0 saturated heterocycles. The van der Waals surface area contributed by atoms with Gasteiger partial charge in [0, 0.05) is 31.5 Å². The molecule has 0 aliphatic rings. The summed E-state index contributed by atoms with van der Waals surface area (Å²) in [4.78, 5) is 10.5. The molecule has 110 valence electrons. The summed E-state index contributed by atoms with van der Waals surface area (Å²) in [7, 11) is 1.66. The number of nitro benzene ring substituents is 1. The first-order valence-electron chi connectivity index (χ1n) is 6.65. The number of aryl methyl sites for hydroxylation is 1. The minimum absolute atomic E-state index is 0.102. The summed E-state index contributed by atoms with van der Waals surface area (Å²) in [5, 5.41) is 14.1. The highest BCUT2D eigenvalue weighted by atomic mass is 16.6. The maximum Gasteiger partial charge on any atom is 0.271 e. The Morgan fingerprint density at radius 1 is 1.19 bits per heavy atom. The van der Waals surface area contributed by atoms with Gasteiger partial charge in [0.25, 0.3) is 5.69 Å². The molecule has 0 unspecified atom stereocenters. The molecule has 0 saturated carbocycles. The van der Waals surface area contributed by atoms with Crippen molar-refractivity contribution in [1.82, 2.24) is 0 Å². The Labute approximate surface area is 123 Å². The number of ether oxygens (including phenoxy) is 1. The predicted octanol–water partition coefficient (Wildman–Crippen LogP) is 3.66. The average molecular weight is 286 g/mol.